The number of para-hydroxylation sites is 1. The predicted molar refractivity (Wildman–Crippen MR) is 99.5 cm³/mol. The van der Waals surface area contributed by atoms with E-state index in [0.29, 0.717) is 6.42 Å². The Labute approximate surface area is 149 Å². The second-order valence-electron chi connectivity index (χ2n) is 6.63. The van der Waals surface area contributed by atoms with Gasteiger partial charge in [-0.05, 0) is 18.9 Å². The molecule has 2 aliphatic rings. The monoisotopic (exact) mass is 347 g/mol. The van der Waals surface area contributed by atoms with Crippen LogP contribution < -0.4 is 5.32 Å². The second kappa shape index (κ2) is 5.43. The molecule has 0 saturated heterocycles. The zero-order chi connectivity index (χ0) is 16.9. The number of hydrogen-bond acceptors (Lipinski definition) is 4. The lowest BCUT2D eigenvalue weighted by molar-refractivity contribution is 0.550. The maximum absolute atomic E-state index is 9.43. The van der Waals surface area contributed by atoms with Crippen LogP contribution >= 0.6 is 11.8 Å². The van der Waals surface area contributed by atoms with Crippen LogP contribution in [0.15, 0.2) is 41.7 Å². The van der Waals surface area contributed by atoms with Gasteiger partial charge in [-0.3, -0.25) is 0 Å². The minimum absolute atomic E-state index is 0.327. The summed E-state index contributed by atoms with van der Waals surface area (Å²) in [5.41, 5.74) is 6.02. The topological polar surface area (TPSA) is 80.3 Å². The molecule has 124 valence electrons. The van der Waals surface area contributed by atoms with Gasteiger partial charge < -0.3 is 15.3 Å². The van der Waals surface area contributed by atoms with Crippen LogP contribution in [0.5, 0.6) is 0 Å². The molecule has 0 fully saturated rings. The highest BCUT2D eigenvalue weighted by molar-refractivity contribution is 8.04. The number of thioether (sulfide) groups is 1. The number of imidazole rings is 1. The Balaban J connectivity index is 1.57. The summed E-state index contributed by atoms with van der Waals surface area (Å²) < 4.78 is 0. The van der Waals surface area contributed by atoms with Crippen LogP contribution in [-0.4, -0.2) is 19.8 Å². The van der Waals surface area contributed by atoms with E-state index in [4.69, 9.17) is 0 Å². The first-order chi connectivity index (χ1) is 12.3. The molecule has 1 aliphatic carbocycles. The maximum Gasteiger partial charge on any atom is 0.106 e. The van der Waals surface area contributed by atoms with E-state index >= 15 is 0 Å². The maximum atomic E-state index is 9.43. The number of hydrogen-bond donors (Lipinski definition) is 3. The fourth-order valence-corrected chi connectivity index (χ4v) is 5.39. The average Bonchev–Trinajstić information content (AvgIpc) is 3.31. The van der Waals surface area contributed by atoms with Gasteiger partial charge in [0.15, 0.2) is 0 Å². The molecule has 0 amide bonds. The van der Waals surface area contributed by atoms with E-state index in [1.807, 2.05) is 18.0 Å². The standard InChI is InChI=1S/C19H17N5S/c20-8-7-19(9-12-10-21-11-22-12)24-18-16(25-19)6-5-15-17(18)13-3-1-2-4-14(13)23-15/h1-4,10-11,23-24H,5-7,9H2,(H,21,22). The van der Waals surface area contributed by atoms with Crippen molar-refractivity contribution in [2.45, 2.75) is 30.6 Å². The lowest BCUT2D eigenvalue weighted by atomic mass is 9.97. The molecular weight excluding hydrogens is 330 g/mol. The fourth-order valence-electron chi connectivity index (χ4n) is 3.94. The molecule has 3 heterocycles. The summed E-state index contributed by atoms with van der Waals surface area (Å²) in [6.07, 6.45) is 6.76. The molecule has 1 aliphatic heterocycles. The summed E-state index contributed by atoms with van der Waals surface area (Å²) in [6, 6.07) is 10.8. The van der Waals surface area contributed by atoms with Gasteiger partial charge in [0, 0.05) is 45.4 Å². The van der Waals surface area contributed by atoms with E-state index in [2.05, 4.69) is 50.6 Å². The largest absolute Gasteiger partial charge is 0.368 e. The number of aromatic amines is 2. The molecule has 0 bridgehead atoms. The summed E-state index contributed by atoms with van der Waals surface area (Å²) in [7, 11) is 0. The smallest absolute Gasteiger partial charge is 0.106 e. The molecule has 1 unspecified atom stereocenters. The molecular formula is C19H17N5S. The van der Waals surface area contributed by atoms with Gasteiger partial charge in [0.1, 0.15) is 4.87 Å². The molecule has 0 spiro atoms. The SMILES string of the molecule is N#CCC1(Cc2cnc[nH]2)NC2=C(CCc3[nH]c4ccccc4c32)S1. The normalized spacial score (nSPS) is 21.7. The van der Waals surface area contributed by atoms with E-state index in [1.165, 1.54) is 32.8 Å². The predicted octanol–water partition coefficient (Wildman–Crippen LogP) is 3.69. The Morgan fingerprint density at radius 3 is 3.04 bits per heavy atom. The van der Waals surface area contributed by atoms with E-state index in [1.54, 1.807) is 6.33 Å². The van der Waals surface area contributed by atoms with E-state index < -0.39 is 0 Å². The first-order valence-electron chi connectivity index (χ1n) is 8.42. The molecule has 5 nitrogen and oxygen atoms in total. The van der Waals surface area contributed by atoms with Crippen LogP contribution in [0.4, 0.5) is 0 Å². The molecule has 3 N–H and O–H groups in total. The number of aromatic nitrogens is 3. The van der Waals surface area contributed by atoms with Crippen LogP contribution in [0.25, 0.3) is 16.6 Å². The van der Waals surface area contributed by atoms with Gasteiger partial charge in [-0.15, -0.1) is 0 Å². The Bertz CT molecular complexity index is 1020. The number of rotatable bonds is 3. The second-order valence-corrected chi connectivity index (χ2v) is 8.11. The van der Waals surface area contributed by atoms with E-state index in [-0.39, 0.29) is 4.87 Å². The lowest BCUT2D eigenvalue weighted by Crippen LogP contribution is -2.39. The lowest BCUT2D eigenvalue weighted by Gasteiger charge is -2.27. The number of nitriles is 1. The van der Waals surface area contributed by atoms with Crippen molar-refractivity contribution in [1.29, 1.82) is 5.26 Å². The molecule has 1 atom stereocenters. The Hall–Kier alpha value is -2.65. The van der Waals surface area contributed by atoms with Crippen molar-refractivity contribution >= 4 is 28.4 Å². The number of benzene rings is 1. The number of nitrogens with zero attached hydrogens (tertiary/aromatic N) is 2. The third-order valence-electron chi connectivity index (χ3n) is 4.98. The molecule has 2 aromatic heterocycles. The van der Waals surface area contributed by atoms with Crippen LogP contribution in [0.1, 0.15) is 29.8 Å². The molecule has 3 aromatic rings. The van der Waals surface area contributed by atoms with Crippen molar-refractivity contribution in [1.82, 2.24) is 20.3 Å². The minimum Gasteiger partial charge on any atom is -0.368 e. The van der Waals surface area contributed by atoms with Gasteiger partial charge in [-0.1, -0.05) is 30.0 Å². The van der Waals surface area contributed by atoms with Gasteiger partial charge in [0.2, 0.25) is 0 Å². The zero-order valence-electron chi connectivity index (χ0n) is 13.6. The van der Waals surface area contributed by atoms with Crippen LogP contribution in [0, 0.1) is 11.3 Å². The zero-order valence-corrected chi connectivity index (χ0v) is 14.4. The summed E-state index contributed by atoms with van der Waals surface area (Å²) >= 11 is 1.82. The van der Waals surface area contributed by atoms with Crippen molar-refractivity contribution < 1.29 is 0 Å². The molecule has 5 rings (SSSR count). The highest BCUT2D eigenvalue weighted by atomic mass is 32.2. The first-order valence-corrected chi connectivity index (χ1v) is 9.24. The number of fused-ring (bicyclic) bond motifs is 4. The van der Waals surface area contributed by atoms with Crippen molar-refractivity contribution in [2.75, 3.05) is 0 Å². The third-order valence-corrected chi connectivity index (χ3v) is 6.42. The summed E-state index contributed by atoms with van der Waals surface area (Å²) in [4.78, 5) is 11.9. The minimum atomic E-state index is -0.327. The summed E-state index contributed by atoms with van der Waals surface area (Å²) in [6.45, 7) is 0. The van der Waals surface area contributed by atoms with Crippen molar-refractivity contribution in [2.24, 2.45) is 0 Å². The summed E-state index contributed by atoms with van der Waals surface area (Å²) in [5, 5.41) is 14.4. The fraction of sp³-hybridized carbons (Fsp3) is 0.263. The van der Waals surface area contributed by atoms with Crippen LogP contribution in [-0.2, 0) is 12.8 Å². The number of nitrogens with one attached hydrogen (secondary N) is 3. The Morgan fingerprint density at radius 1 is 1.28 bits per heavy atom. The van der Waals surface area contributed by atoms with Gasteiger partial charge in [-0.2, -0.15) is 5.26 Å². The quantitative estimate of drug-likeness (QED) is 0.675. The van der Waals surface area contributed by atoms with E-state index in [0.717, 1.165) is 25.0 Å². The Kier molecular flexibility index (Phi) is 3.19. The van der Waals surface area contributed by atoms with Crippen molar-refractivity contribution in [3.8, 4) is 6.07 Å². The molecule has 25 heavy (non-hydrogen) atoms. The number of H-pyrrole nitrogens is 2. The Morgan fingerprint density at radius 2 is 2.20 bits per heavy atom. The number of aryl methyl sites for hydroxylation is 1. The van der Waals surface area contributed by atoms with E-state index in [9.17, 15) is 5.26 Å². The molecule has 6 heteroatoms. The summed E-state index contributed by atoms with van der Waals surface area (Å²) in [5.74, 6) is 0. The first kappa shape index (κ1) is 14.7. The third kappa shape index (κ3) is 2.27. The molecule has 0 saturated carbocycles. The van der Waals surface area contributed by atoms with Gasteiger partial charge in [0.25, 0.3) is 0 Å². The van der Waals surface area contributed by atoms with Gasteiger partial charge in [0.05, 0.1) is 24.5 Å². The van der Waals surface area contributed by atoms with Crippen LogP contribution in [0.3, 0.4) is 0 Å². The number of allylic oxidation sites excluding steroid dienone is 1. The average molecular weight is 347 g/mol. The molecule has 0 radical (unpaired) electrons. The van der Waals surface area contributed by atoms with Gasteiger partial charge in [-0.25, -0.2) is 4.98 Å². The van der Waals surface area contributed by atoms with Crippen molar-refractivity contribution in [3.05, 3.63) is 58.6 Å². The van der Waals surface area contributed by atoms with Gasteiger partial charge >= 0.3 is 0 Å². The highest BCUT2D eigenvalue weighted by Crippen LogP contribution is 2.51. The van der Waals surface area contributed by atoms with Crippen molar-refractivity contribution in [3.63, 3.8) is 0 Å². The highest BCUT2D eigenvalue weighted by Gasteiger charge is 2.42. The molecule has 1 aromatic carbocycles. The van der Waals surface area contributed by atoms with Crippen LogP contribution in [0.2, 0.25) is 0 Å².